The van der Waals surface area contributed by atoms with Crippen molar-refractivity contribution in [2.24, 2.45) is 5.11 Å². The minimum absolute atomic E-state index is 0.155. The standard InChI is InChI=1S/C7H12BN3O2/c8-7-3-1-2-5(10-11-9)6(4-12)13-7/h5-7,12H,1-4H2/t5-,6?,7?/m0/s1. The number of aliphatic hydroxyl groups excluding tert-OH is 1. The number of hydrogen-bond donors (Lipinski definition) is 1. The third-order valence-electron chi connectivity index (χ3n) is 2.15. The van der Waals surface area contributed by atoms with Crippen molar-refractivity contribution in [3.8, 4) is 0 Å². The Bertz CT molecular complexity index is 208. The van der Waals surface area contributed by atoms with Crippen molar-refractivity contribution in [1.82, 2.24) is 0 Å². The molecule has 0 amide bonds. The van der Waals surface area contributed by atoms with Crippen LogP contribution >= 0.6 is 0 Å². The van der Waals surface area contributed by atoms with Crippen LogP contribution in [0, 0.1) is 0 Å². The number of nitrogens with zero attached hydrogens (tertiary/aromatic N) is 3. The zero-order valence-corrected chi connectivity index (χ0v) is 7.33. The molecule has 0 bridgehead atoms. The summed E-state index contributed by atoms with van der Waals surface area (Å²) >= 11 is 0. The first kappa shape index (κ1) is 10.4. The van der Waals surface area contributed by atoms with Gasteiger partial charge in [-0.1, -0.05) is 11.5 Å². The normalized spacial score (nSPS) is 34.7. The molecule has 13 heavy (non-hydrogen) atoms. The van der Waals surface area contributed by atoms with Crippen LogP contribution in [-0.4, -0.2) is 37.7 Å². The molecule has 2 radical (unpaired) electrons. The molecule has 1 N–H and O–H groups in total. The molecule has 0 saturated carbocycles. The molecular formula is C7H12BN3O2. The van der Waals surface area contributed by atoms with Gasteiger partial charge >= 0.3 is 0 Å². The van der Waals surface area contributed by atoms with E-state index in [0.717, 1.165) is 19.3 Å². The van der Waals surface area contributed by atoms with Crippen molar-refractivity contribution in [1.29, 1.82) is 0 Å². The first-order valence-electron chi connectivity index (χ1n) is 4.34. The van der Waals surface area contributed by atoms with Gasteiger partial charge in [-0.2, -0.15) is 0 Å². The molecule has 1 aliphatic heterocycles. The van der Waals surface area contributed by atoms with Crippen LogP contribution in [0.3, 0.4) is 0 Å². The fourth-order valence-electron chi connectivity index (χ4n) is 1.46. The summed E-state index contributed by atoms with van der Waals surface area (Å²) in [7, 11) is 5.59. The topological polar surface area (TPSA) is 78.2 Å². The fraction of sp³-hybridized carbons (Fsp3) is 1.00. The summed E-state index contributed by atoms with van der Waals surface area (Å²) < 4.78 is 5.29. The third kappa shape index (κ3) is 2.92. The van der Waals surface area contributed by atoms with Gasteiger partial charge in [0, 0.05) is 10.9 Å². The maximum absolute atomic E-state index is 8.97. The Kier molecular flexibility index (Phi) is 4.08. The SMILES string of the molecule is [B]C1CCC[C@H](N=[N+]=[N-])C(CO)O1. The molecule has 1 heterocycles. The summed E-state index contributed by atoms with van der Waals surface area (Å²) in [5, 5.41) is 12.5. The average molecular weight is 181 g/mol. The van der Waals surface area contributed by atoms with E-state index in [9.17, 15) is 0 Å². The van der Waals surface area contributed by atoms with E-state index in [1.807, 2.05) is 0 Å². The van der Waals surface area contributed by atoms with E-state index >= 15 is 0 Å². The van der Waals surface area contributed by atoms with Crippen LogP contribution in [0.1, 0.15) is 19.3 Å². The number of hydrogen-bond acceptors (Lipinski definition) is 3. The summed E-state index contributed by atoms with van der Waals surface area (Å²) in [5.74, 6) is 0. The van der Waals surface area contributed by atoms with Crippen LogP contribution in [0.25, 0.3) is 10.4 Å². The molecule has 5 nitrogen and oxygen atoms in total. The van der Waals surface area contributed by atoms with Crippen molar-refractivity contribution >= 4 is 7.85 Å². The highest BCUT2D eigenvalue weighted by atomic mass is 16.5. The number of aliphatic hydroxyl groups is 1. The molecular weight excluding hydrogens is 169 g/mol. The van der Waals surface area contributed by atoms with E-state index in [-0.39, 0.29) is 18.7 Å². The summed E-state index contributed by atoms with van der Waals surface area (Å²) in [5.41, 5.74) is 8.28. The van der Waals surface area contributed by atoms with Crippen molar-refractivity contribution in [3.05, 3.63) is 10.4 Å². The van der Waals surface area contributed by atoms with Crippen LogP contribution in [-0.2, 0) is 4.74 Å². The molecule has 1 fully saturated rings. The number of ether oxygens (including phenoxy) is 1. The number of azide groups is 1. The summed E-state index contributed by atoms with van der Waals surface area (Å²) in [4.78, 5) is 2.72. The maximum Gasteiger partial charge on any atom is 0.109 e. The first-order chi connectivity index (χ1) is 6.27. The Balaban J connectivity index is 2.63. The Morgan fingerprint density at radius 2 is 2.38 bits per heavy atom. The van der Waals surface area contributed by atoms with Gasteiger partial charge in [-0.3, -0.25) is 0 Å². The zero-order valence-electron chi connectivity index (χ0n) is 7.33. The van der Waals surface area contributed by atoms with E-state index in [0.29, 0.717) is 0 Å². The summed E-state index contributed by atoms with van der Waals surface area (Å²) in [6.07, 6.45) is 1.88. The van der Waals surface area contributed by atoms with Crippen molar-refractivity contribution in [3.63, 3.8) is 0 Å². The fourth-order valence-corrected chi connectivity index (χ4v) is 1.46. The zero-order chi connectivity index (χ0) is 9.68. The van der Waals surface area contributed by atoms with Crippen LogP contribution in [0.5, 0.6) is 0 Å². The minimum Gasteiger partial charge on any atom is -0.394 e. The molecule has 0 aromatic heterocycles. The second-order valence-corrected chi connectivity index (χ2v) is 3.10. The molecule has 1 saturated heterocycles. The van der Waals surface area contributed by atoms with Crippen LogP contribution in [0.2, 0.25) is 0 Å². The van der Waals surface area contributed by atoms with E-state index in [1.165, 1.54) is 0 Å². The highest BCUT2D eigenvalue weighted by molar-refractivity contribution is 6.11. The first-order valence-corrected chi connectivity index (χ1v) is 4.34. The molecule has 3 atom stereocenters. The Morgan fingerprint density at radius 3 is 3.00 bits per heavy atom. The predicted octanol–water partition coefficient (Wildman–Crippen LogP) is 0.721. The predicted molar refractivity (Wildman–Crippen MR) is 48.3 cm³/mol. The molecule has 0 aromatic rings. The van der Waals surface area contributed by atoms with Crippen molar-refractivity contribution in [2.75, 3.05) is 6.61 Å². The molecule has 0 aliphatic carbocycles. The number of rotatable bonds is 2. The van der Waals surface area contributed by atoms with Gasteiger partial charge in [-0.15, -0.1) is 0 Å². The minimum atomic E-state index is -0.451. The quantitative estimate of drug-likeness (QED) is 0.295. The van der Waals surface area contributed by atoms with Gasteiger partial charge in [-0.05, 0) is 18.4 Å². The third-order valence-corrected chi connectivity index (χ3v) is 2.15. The molecule has 1 rings (SSSR count). The van der Waals surface area contributed by atoms with Gasteiger partial charge in [-0.25, -0.2) is 0 Å². The smallest absolute Gasteiger partial charge is 0.109 e. The van der Waals surface area contributed by atoms with Gasteiger partial charge in [0.1, 0.15) is 7.85 Å². The second kappa shape index (κ2) is 5.12. The van der Waals surface area contributed by atoms with Crippen molar-refractivity contribution < 1.29 is 9.84 Å². The van der Waals surface area contributed by atoms with E-state index < -0.39 is 6.10 Å². The van der Waals surface area contributed by atoms with Crippen LogP contribution in [0.4, 0.5) is 0 Å². The van der Waals surface area contributed by atoms with E-state index in [1.54, 1.807) is 0 Å². The van der Waals surface area contributed by atoms with Gasteiger partial charge < -0.3 is 9.84 Å². The Hall–Kier alpha value is -0.705. The van der Waals surface area contributed by atoms with Crippen molar-refractivity contribution in [2.45, 2.75) is 37.4 Å². The molecule has 0 spiro atoms. The highest BCUT2D eigenvalue weighted by Crippen LogP contribution is 2.19. The molecule has 70 valence electrons. The van der Waals surface area contributed by atoms with Gasteiger partial charge in [0.15, 0.2) is 0 Å². The van der Waals surface area contributed by atoms with Gasteiger partial charge in [0.2, 0.25) is 0 Å². The second-order valence-electron chi connectivity index (χ2n) is 3.10. The average Bonchev–Trinajstić information content (AvgIpc) is 2.29. The Labute approximate surface area is 78.1 Å². The van der Waals surface area contributed by atoms with Gasteiger partial charge in [0.25, 0.3) is 0 Å². The van der Waals surface area contributed by atoms with Crippen LogP contribution < -0.4 is 0 Å². The van der Waals surface area contributed by atoms with Gasteiger partial charge in [0.05, 0.1) is 18.8 Å². The summed E-state index contributed by atoms with van der Waals surface area (Å²) in [6, 6.07) is -0.639. The van der Waals surface area contributed by atoms with Crippen LogP contribution in [0.15, 0.2) is 5.11 Å². The largest absolute Gasteiger partial charge is 0.394 e. The lowest BCUT2D eigenvalue weighted by Gasteiger charge is -2.21. The lowest BCUT2D eigenvalue weighted by atomic mass is 9.95. The molecule has 2 unspecified atom stereocenters. The highest BCUT2D eigenvalue weighted by Gasteiger charge is 2.25. The van der Waals surface area contributed by atoms with E-state index in [4.69, 9.17) is 23.2 Å². The summed E-state index contributed by atoms with van der Waals surface area (Å²) in [6.45, 7) is -0.155. The molecule has 1 aliphatic rings. The Morgan fingerprint density at radius 1 is 1.62 bits per heavy atom. The van der Waals surface area contributed by atoms with E-state index in [2.05, 4.69) is 10.0 Å². The molecule has 0 aromatic carbocycles. The monoisotopic (exact) mass is 181 g/mol. The molecule has 6 heteroatoms. The lowest BCUT2D eigenvalue weighted by molar-refractivity contribution is -0.0101. The maximum atomic E-state index is 8.97. The lowest BCUT2D eigenvalue weighted by Crippen LogP contribution is -2.32.